The van der Waals surface area contributed by atoms with E-state index in [0.29, 0.717) is 4.90 Å². The van der Waals surface area contributed by atoms with Crippen molar-refractivity contribution < 1.29 is 8.42 Å². The van der Waals surface area contributed by atoms with Crippen molar-refractivity contribution in [3.05, 3.63) is 29.8 Å². The van der Waals surface area contributed by atoms with Crippen LogP contribution in [0.25, 0.3) is 0 Å². The normalized spacial score (nSPS) is 16.6. The van der Waals surface area contributed by atoms with Gasteiger partial charge in [0.1, 0.15) is 0 Å². The van der Waals surface area contributed by atoms with Gasteiger partial charge in [0.2, 0.25) is 10.0 Å². The van der Waals surface area contributed by atoms with Crippen LogP contribution in [0.4, 0.5) is 0 Å². The Balaban J connectivity index is 0.00000200. The molecule has 1 heterocycles. The second kappa shape index (κ2) is 6.02. The first kappa shape index (κ1) is 17.4. The molecule has 0 amide bonds. The van der Waals surface area contributed by atoms with Gasteiger partial charge in [0.05, 0.1) is 4.90 Å². The number of likely N-dealkylation sites (N-methyl/N-ethyl adjacent to an activating group) is 1. The third-order valence-corrected chi connectivity index (χ3v) is 5.60. The molecule has 2 rings (SSSR count). The van der Waals surface area contributed by atoms with E-state index in [9.17, 15) is 8.42 Å². The number of rotatable bonds is 3. The molecule has 0 aliphatic carbocycles. The number of nitrogens with zero attached hydrogens (tertiary/aromatic N) is 1. The second-order valence-corrected chi connectivity index (χ2v) is 8.11. The van der Waals surface area contributed by atoms with E-state index in [1.165, 1.54) is 4.31 Å². The van der Waals surface area contributed by atoms with E-state index in [4.69, 9.17) is 0 Å². The zero-order chi connectivity index (χ0) is 14.3. The molecule has 4 nitrogen and oxygen atoms in total. The molecule has 1 saturated heterocycles. The average molecular weight is 319 g/mol. The van der Waals surface area contributed by atoms with Crippen LogP contribution in [0.2, 0.25) is 0 Å². The average Bonchev–Trinajstić information content (AvgIpc) is 2.25. The highest BCUT2D eigenvalue weighted by atomic mass is 35.5. The molecule has 1 aliphatic heterocycles. The Morgan fingerprint density at radius 3 is 2.00 bits per heavy atom. The molecule has 6 heteroatoms. The van der Waals surface area contributed by atoms with Crippen LogP contribution in [0.3, 0.4) is 0 Å². The highest BCUT2D eigenvalue weighted by molar-refractivity contribution is 7.89. The largest absolute Gasteiger partial charge is 0.313 e. The Bertz CT molecular complexity index is 546. The number of hydrogen-bond donors (Lipinski definition) is 1. The second-order valence-electron chi connectivity index (χ2n) is 6.11. The summed E-state index contributed by atoms with van der Waals surface area (Å²) in [5.74, 6) is 0. The first-order valence-electron chi connectivity index (χ1n) is 6.52. The molecule has 1 fully saturated rings. The minimum absolute atomic E-state index is 0. The molecular weight excluding hydrogens is 296 g/mol. The van der Waals surface area contributed by atoms with Gasteiger partial charge in [0, 0.05) is 26.2 Å². The maximum Gasteiger partial charge on any atom is 0.243 e. The lowest BCUT2D eigenvalue weighted by Gasteiger charge is -2.34. The van der Waals surface area contributed by atoms with Crippen molar-refractivity contribution in [1.29, 1.82) is 0 Å². The molecule has 114 valence electrons. The van der Waals surface area contributed by atoms with Gasteiger partial charge in [-0.1, -0.05) is 32.9 Å². The van der Waals surface area contributed by atoms with Crippen LogP contribution in [-0.4, -0.2) is 38.9 Å². The van der Waals surface area contributed by atoms with Gasteiger partial charge in [0.25, 0.3) is 0 Å². The van der Waals surface area contributed by atoms with Gasteiger partial charge < -0.3 is 5.32 Å². The number of benzene rings is 1. The molecule has 0 bridgehead atoms. The Morgan fingerprint density at radius 2 is 1.65 bits per heavy atom. The lowest BCUT2D eigenvalue weighted by atomic mass is 9.87. The molecule has 0 aromatic heterocycles. The van der Waals surface area contributed by atoms with Crippen molar-refractivity contribution in [2.45, 2.75) is 37.1 Å². The van der Waals surface area contributed by atoms with Crippen LogP contribution >= 0.6 is 12.4 Å². The summed E-state index contributed by atoms with van der Waals surface area (Å²) < 4.78 is 26.3. The maximum atomic E-state index is 12.4. The van der Waals surface area contributed by atoms with Gasteiger partial charge in [-0.15, -0.1) is 12.4 Å². The Kier molecular flexibility index (Phi) is 5.24. The fourth-order valence-electron chi connectivity index (χ4n) is 2.02. The monoisotopic (exact) mass is 318 g/mol. The number of hydrogen-bond acceptors (Lipinski definition) is 3. The molecule has 1 aliphatic rings. The van der Waals surface area contributed by atoms with E-state index < -0.39 is 10.0 Å². The van der Waals surface area contributed by atoms with Crippen LogP contribution in [0.15, 0.2) is 29.2 Å². The zero-order valence-electron chi connectivity index (χ0n) is 12.4. The minimum Gasteiger partial charge on any atom is -0.313 e. The van der Waals surface area contributed by atoms with Crippen molar-refractivity contribution >= 4 is 22.4 Å². The third-order valence-electron chi connectivity index (χ3n) is 3.67. The summed E-state index contributed by atoms with van der Waals surface area (Å²) in [5, 5.41) is 3.09. The van der Waals surface area contributed by atoms with Crippen LogP contribution in [0.5, 0.6) is 0 Å². The predicted molar refractivity (Wildman–Crippen MR) is 84.0 cm³/mol. The van der Waals surface area contributed by atoms with E-state index >= 15 is 0 Å². The van der Waals surface area contributed by atoms with Gasteiger partial charge >= 0.3 is 0 Å². The van der Waals surface area contributed by atoms with Crippen molar-refractivity contribution in [2.24, 2.45) is 0 Å². The number of sulfonamides is 1. The summed E-state index contributed by atoms with van der Waals surface area (Å²) in [6.07, 6.45) is 0. The Morgan fingerprint density at radius 1 is 1.15 bits per heavy atom. The van der Waals surface area contributed by atoms with E-state index in [1.54, 1.807) is 19.2 Å². The van der Waals surface area contributed by atoms with Crippen molar-refractivity contribution in [2.75, 3.05) is 20.1 Å². The van der Waals surface area contributed by atoms with Crippen LogP contribution in [0.1, 0.15) is 26.3 Å². The highest BCUT2D eigenvalue weighted by Crippen LogP contribution is 2.25. The van der Waals surface area contributed by atoms with Crippen LogP contribution < -0.4 is 5.32 Å². The summed E-state index contributed by atoms with van der Waals surface area (Å²) in [7, 11) is -1.72. The molecule has 1 N–H and O–H groups in total. The van der Waals surface area contributed by atoms with E-state index in [-0.39, 0.29) is 23.9 Å². The number of halogens is 1. The topological polar surface area (TPSA) is 49.4 Å². The van der Waals surface area contributed by atoms with Crippen molar-refractivity contribution in [3.8, 4) is 0 Å². The molecule has 0 atom stereocenters. The van der Waals surface area contributed by atoms with E-state index in [1.807, 2.05) is 12.1 Å². The first-order valence-corrected chi connectivity index (χ1v) is 7.96. The molecule has 1 aromatic carbocycles. The van der Waals surface area contributed by atoms with Crippen molar-refractivity contribution in [3.63, 3.8) is 0 Å². The van der Waals surface area contributed by atoms with Crippen molar-refractivity contribution in [1.82, 2.24) is 9.62 Å². The van der Waals surface area contributed by atoms with Gasteiger partial charge in [-0.3, -0.25) is 0 Å². The minimum atomic E-state index is -3.37. The summed E-state index contributed by atoms with van der Waals surface area (Å²) >= 11 is 0. The SMILES string of the molecule is CN(C1CNC1)S(=O)(=O)c1ccc(C(C)(C)C)cc1.Cl. The van der Waals surface area contributed by atoms with Gasteiger partial charge in [0.15, 0.2) is 0 Å². The maximum absolute atomic E-state index is 12.4. The quantitative estimate of drug-likeness (QED) is 0.927. The molecule has 20 heavy (non-hydrogen) atoms. The lowest BCUT2D eigenvalue weighted by Crippen LogP contribution is -2.57. The Labute approximate surface area is 128 Å². The zero-order valence-corrected chi connectivity index (χ0v) is 14.0. The fourth-order valence-corrected chi connectivity index (χ4v) is 3.37. The van der Waals surface area contributed by atoms with Gasteiger partial charge in [-0.25, -0.2) is 8.42 Å². The summed E-state index contributed by atoms with van der Waals surface area (Å²) in [6, 6.07) is 7.29. The Hall–Kier alpha value is -0.620. The number of nitrogens with one attached hydrogen (secondary N) is 1. The fraction of sp³-hybridized carbons (Fsp3) is 0.571. The molecular formula is C14H23ClN2O2S. The smallest absolute Gasteiger partial charge is 0.243 e. The molecule has 0 saturated carbocycles. The molecule has 1 aromatic rings. The summed E-state index contributed by atoms with van der Waals surface area (Å²) in [6.45, 7) is 7.81. The summed E-state index contributed by atoms with van der Waals surface area (Å²) in [5.41, 5.74) is 1.17. The standard InChI is InChI=1S/C14H22N2O2S.ClH/c1-14(2,3)11-5-7-13(8-6-11)19(17,18)16(4)12-9-15-10-12;/h5-8,12,15H,9-10H2,1-4H3;1H. The summed E-state index contributed by atoms with van der Waals surface area (Å²) in [4.78, 5) is 0.370. The molecule has 0 radical (unpaired) electrons. The van der Waals surface area contributed by atoms with Gasteiger partial charge in [-0.05, 0) is 23.1 Å². The van der Waals surface area contributed by atoms with Crippen LogP contribution in [0, 0.1) is 0 Å². The predicted octanol–water partition coefficient (Wildman–Crippen LogP) is 2.00. The van der Waals surface area contributed by atoms with Crippen LogP contribution in [-0.2, 0) is 15.4 Å². The van der Waals surface area contributed by atoms with E-state index in [0.717, 1.165) is 18.7 Å². The third kappa shape index (κ3) is 3.34. The lowest BCUT2D eigenvalue weighted by molar-refractivity contribution is 0.274. The molecule has 0 unspecified atom stereocenters. The highest BCUT2D eigenvalue weighted by Gasteiger charge is 2.31. The molecule has 0 spiro atoms. The van der Waals surface area contributed by atoms with Gasteiger partial charge in [-0.2, -0.15) is 4.31 Å². The first-order chi connectivity index (χ1) is 8.73. The van der Waals surface area contributed by atoms with E-state index in [2.05, 4.69) is 26.1 Å².